The summed E-state index contributed by atoms with van der Waals surface area (Å²) in [7, 11) is 2.06. The Morgan fingerprint density at radius 1 is 1.17 bits per heavy atom. The van der Waals surface area contributed by atoms with Crippen LogP contribution in [0.25, 0.3) is 5.69 Å². The van der Waals surface area contributed by atoms with Gasteiger partial charge in [0.1, 0.15) is 12.1 Å². The van der Waals surface area contributed by atoms with Crippen molar-refractivity contribution in [1.82, 2.24) is 30.0 Å². The lowest BCUT2D eigenvalue weighted by Gasteiger charge is -2.33. The summed E-state index contributed by atoms with van der Waals surface area (Å²) in [5, 5.41) is 11.0. The Morgan fingerprint density at radius 3 is 2.48 bits per heavy atom. The molecule has 1 atom stereocenters. The summed E-state index contributed by atoms with van der Waals surface area (Å²) in [6.45, 7) is 5.09. The molecule has 0 N–H and O–H groups in total. The van der Waals surface area contributed by atoms with Crippen LogP contribution in [0.3, 0.4) is 0 Å². The fraction of sp³-hybridized carbons (Fsp3) is 0.467. The topological polar surface area (TPSA) is 76.4 Å². The van der Waals surface area contributed by atoms with Crippen LogP contribution >= 0.6 is 0 Å². The predicted molar refractivity (Wildman–Crippen MR) is 83.3 cm³/mol. The number of hydrogen-bond donors (Lipinski definition) is 0. The fourth-order valence-corrected chi connectivity index (χ4v) is 2.50. The quantitative estimate of drug-likeness (QED) is 0.802. The van der Waals surface area contributed by atoms with Gasteiger partial charge in [0, 0.05) is 26.2 Å². The normalized spacial score (nSPS) is 17.0. The Labute approximate surface area is 134 Å². The highest BCUT2D eigenvalue weighted by atomic mass is 16.5. The van der Waals surface area contributed by atoms with E-state index in [0.29, 0.717) is 5.75 Å². The smallest absolute Gasteiger partial charge is 0.263 e. The van der Waals surface area contributed by atoms with Crippen LogP contribution in [0.4, 0.5) is 0 Å². The summed E-state index contributed by atoms with van der Waals surface area (Å²) >= 11 is 0. The standard InChI is InChI=1S/C15H20N6O2/c1-12(15(22)20-9-7-19(2)8-10-20)23-14-5-3-13(4-6-14)21-11-16-17-18-21/h3-6,11-12H,7-10H2,1-2H3/t12-/m0/s1. The van der Waals surface area contributed by atoms with Crippen molar-refractivity contribution >= 4 is 5.91 Å². The molecule has 0 saturated carbocycles. The number of carbonyl (C=O) groups is 1. The largest absolute Gasteiger partial charge is 0.481 e. The molecule has 8 nitrogen and oxygen atoms in total. The molecule has 0 spiro atoms. The molecule has 8 heteroatoms. The van der Waals surface area contributed by atoms with Crippen molar-refractivity contribution in [2.24, 2.45) is 0 Å². The summed E-state index contributed by atoms with van der Waals surface area (Å²) in [6, 6.07) is 7.31. The number of tetrazole rings is 1. The van der Waals surface area contributed by atoms with E-state index in [1.54, 1.807) is 11.6 Å². The highest BCUT2D eigenvalue weighted by Gasteiger charge is 2.24. The monoisotopic (exact) mass is 316 g/mol. The van der Waals surface area contributed by atoms with Gasteiger partial charge in [0.05, 0.1) is 5.69 Å². The van der Waals surface area contributed by atoms with Crippen molar-refractivity contribution in [2.45, 2.75) is 13.0 Å². The number of carbonyl (C=O) groups excluding carboxylic acids is 1. The molecular weight excluding hydrogens is 296 g/mol. The third kappa shape index (κ3) is 3.65. The van der Waals surface area contributed by atoms with Crippen LogP contribution in [0.2, 0.25) is 0 Å². The highest BCUT2D eigenvalue weighted by molar-refractivity contribution is 5.81. The third-order valence-electron chi connectivity index (χ3n) is 3.93. The van der Waals surface area contributed by atoms with E-state index in [9.17, 15) is 4.79 Å². The molecule has 0 aliphatic carbocycles. The van der Waals surface area contributed by atoms with Gasteiger partial charge in [-0.2, -0.15) is 0 Å². The van der Waals surface area contributed by atoms with E-state index in [-0.39, 0.29) is 5.91 Å². The summed E-state index contributed by atoms with van der Waals surface area (Å²) < 4.78 is 7.32. The molecule has 0 radical (unpaired) electrons. The van der Waals surface area contributed by atoms with Crippen LogP contribution < -0.4 is 4.74 Å². The lowest BCUT2D eigenvalue weighted by molar-refractivity contribution is -0.139. The average Bonchev–Trinajstić information content (AvgIpc) is 3.10. The first kappa shape index (κ1) is 15.4. The number of ether oxygens (including phenoxy) is 1. The summed E-state index contributed by atoms with van der Waals surface area (Å²) in [4.78, 5) is 16.5. The predicted octanol–water partition coefficient (Wildman–Crippen LogP) is 0.204. The zero-order valence-corrected chi connectivity index (χ0v) is 13.3. The van der Waals surface area contributed by atoms with Crippen molar-refractivity contribution in [3.05, 3.63) is 30.6 Å². The minimum Gasteiger partial charge on any atom is -0.481 e. The lowest BCUT2D eigenvalue weighted by Crippen LogP contribution is -2.50. The maximum absolute atomic E-state index is 12.4. The number of hydrogen-bond acceptors (Lipinski definition) is 6. The van der Waals surface area contributed by atoms with Gasteiger partial charge in [-0.3, -0.25) is 4.79 Å². The highest BCUT2D eigenvalue weighted by Crippen LogP contribution is 2.16. The van der Waals surface area contributed by atoms with E-state index in [1.165, 1.54) is 6.33 Å². The fourth-order valence-electron chi connectivity index (χ4n) is 2.50. The molecule has 1 aromatic carbocycles. The van der Waals surface area contributed by atoms with Gasteiger partial charge in [-0.15, -0.1) is 5.10 Å². The first-order valence-corrected chi connectivity index (χ1v) is 7.61. The number of aromatic nitrogens is 4. The number of rotatable bonds is 4. The molecule has 122 valence electrons. The Kier molecular flexibility index (Phi) is 4.52. The van der Waals surface area contributed by atoms with Crippen LogP contribution in [0.1, 0.15) is 6.92 Å². The van der Waals surface area contributed by atoms with Crippen LogP contribution in [0.15, 0.2) is 30.6 Å². The molecule has 23 heavy (non-hydrogen) atoms. The van der Waals surface area contributed by atoms with Gasteiger partial charge in [0.15, 0.2) is 6.10 Å². The van der Waals surface area contributed by atoms with E-state index in [4.69, 9.17) is 4.74 Å². The number of nitrogens with zero attached hydrogens (tertiary/aromatic N) is 6. The van der Waals surface area contributed by atoms with Gasteiger partial charge >= 0.3 is 0 Å². The van der Waals surface area contributed by atoms with E-state index in [1.807, 2.05) is 29.2 Å². The van der Waals surface area contributed by atoms with Gasteiger partial charge in [0.2, 0.25) is 0 Å². The van der Waals surface area contributed by atoms with E-state index >= 15 is 0 Å². The van der Waals surface area contributed by atoms with E-state index < -0.39 is 6.10 Å². The molecule has 1 saturated heterocycles. The molecule has 1 amide bonds. The molecule has 1 aliphatic heterocycles. The SMILES string of the molecule is C[C@H](Oc1ccc(-n2cnnn2)cc1)C(=O)N1CCN(C)CC1. The molecule has 1 fully saturated rings. The second kappa shape index (κ2) is 6.74. The number of amides is 1. The molecule has 2 aromatic rings. The van der Waals surface area contributed by atoms with Crippen LogP contribution in [-0.4, -0.2) is 75.2 Å². The Balaban J connectivity index is 1.59. The van der Waals surface area contributed by atoms with Gasteiger partial charge < -0.3 is 14.5 Å². The van der Waals surface area contributed by atoms with Gasteiger partial charge in [-0.1, -0.05) is 0 Å². The number of benzene rings is 1. The van der Waals surface area contributed by atoms with Gasteiger partial charge in [-0.05, 0) is 48.7 Å². The first-order valence-electron chi connectivity index (χ1n) is 7.61. The van der Waals surface area contributed by atoms with Gasteiger partial charge in [0.25, 0.3) is 5.91 Å². The molecular formula is C15H20N6O2. The molecule has 1 aliphatic rings. The Bertz CT molecular complexity index is 634. The van der Waals surface area contributed by atoms with Crippen LogP contribution in [-0.2, 0) is 4.79 Å². The maximum atomic E-state index is 12.4. The summed E-state index contributed by atoms with van der Waals surface area (Å²) in [5.74, 6) is 0.680. The van der Waals surface area contributed by atoms with E-state index in [0.717, 1.165) is 31.9 Å². The Hall–Kier alpha value is -2.48. The Morgan fingerprint density at radius 2 is 1.87 bits per heavy atom. The first-order chi connectivity index (χ1) is 11.1. The molecule has 1 aromatic heterocycles. The third-order valence-corrected chi connectivity index (χ3v) is 3.93. The summed E-state index contributed by atoms with van der Waals surface area (Å²) in [6.07, 6.45) is 1.02. The zero-order valence-electron chi connectivity index (χ0n) is 13.3. The van der Waals surface area contributed by atoms with Crippen LogP contribution in [0, 0.1) is 0 Å². The van der Waals surface area contributed by atoms with Crippen molar-refractivity contribution in [3.63, 3.8) is 0 Å². The number of likely N-dealkylation sites (N-methyl/N-ethyl adjacent to an activating group) is 1. The zero-order chi connectivity index (χ0) is 16.2. The maximum Gasteiger partial charge on any atom is 0.263 e. The van der Waals surface area contributed by atoms with Crippen molar-refractivity contribution in [1.29, 1.82) is 0 Å². The minimum atomic E-state index is -0.503. The lowest BCUT2D eigenvalue weighted by atomic mass is 10.2. The van der Waals surface area contributed by atoms with Crippen LogP contribution in [0.5, 0.6) is 5.75 Å². The van der Waals surface area contributed by atoms with E-state index in [2.05, 4.69) is 27.5 Å². The van der Waals surface area contributed by atoms with Crippen molar-refractivity contribution < 1.29 is 9.53 Å². The molecule has 2 heterocycles. The number of piperazine rings is 1. The molecule has 0 unspecified atom stereocenters. The van der Waals surface area contributed by atoms with Gasteiger partial charge in [-0.25, -0.2) is 4.68 Å². The molecule has 3 rings (SSSR count). The second-order valence-corrected chi connectivity index (χ2v) is 5.64. The summed E-state index contributed by atoms with van der Waals surface area (Å²) in [5.41, 5.74) is 0.834. The van der Waals surface area contributed by atoms with Crippen molar-refractivity contribution in [3.8, 4) is 11.4 Å². The van der Waals surface area contributed by atoms with Crippen molar-refractivity contribution in [2.75, 3.05) is 33.2 Å². The average molecular weight is 316 g/mol. The molecule has 0 bridgehead atoms. The second-order valence-electron chi connectivity index (χ2n) is 5.64. The minimum absolute atomic E-state index is 0.0302.